The normalized spacial score (nSPS) is 10.8. The van der Waals surface area contributed by atoms with E-state index >= 15 is 0 Å². The van der Waals surface area contributed by atoms with E-state index in [0.29, 0.717) is 19.6 Å². The largest absolute Gasteiger partial charge is 0.351 e. The summed E-state index contributed by atoms with van der Waals surface area (Å²) in [5.74, 6) is 0.118. The molecule has 0 bridgehead atoms. The highest BCUT2D eigenvalue weighted by Crippen LogP contribution is 2.05. The Bertz CT molecular complexity index is 569. The SMILES string of the molecule is CCCNCCN(CCC)CC(=O)NCc1cccc(CNC(=O)CS)c1. The number of amides is 2. The maximum absolute atomic E-state index is 12.3. The number of hydrogen-bond donors (Lipinski definition) is 4. The van der Waals surface area contributed by atoms with E-state index in [1.165, 1.54) is 0 Å². The smallest absolute Gasteiger partial charge is 0.234 e. The fourth-order valence-corrected chi connectivity index (χ4v) is 2.80. The Morgan fingerprint density at radius 1 is 0.963 bits per heavy atom. The first-order chi connectivity index (χ1) is 13.1. The lowest BCUT2D eigenvalue weighted by molar-refractivity contribution is -0.122. The number of thiol groups is 1. The fraction of sp³-hybridized carbons (Fsp3) is 0.600. The Balaban J connectivity index is 2.41. The van der Waals surface area contributed by atoms with Crippen LogP contribution >= 0.6 is 12.6 Å². The van der Waals surface area contributed by atoms with Gasteiger partial charge < -0.3 is 16.0 Å². The molecule has 7 heteroatoms. The van der Waals surface area contributed by atoms with Crippen molar-refractivity contribution < 1.29 is 9.59 Å². The van der Waals surface area contributed by atoms with Gasteiger partial charge in [0.15, 0.2) is 0 Å². The molecule has 0 saturated heterocycles. The molecule has 0 unspecified atom stereocenters. The van der Waals surface area contributed by atoms with Gasteiger partial charge in [-0.2, -0.15) is 12.6 Å². The first-order valence-electron chi connectivity index (χ1n) is 9.74. The van der Waals surface area contributed by atoms with Crippen molar-refractivity contribution >= 4 is 24.4 Å². The summed E-state index contributed by atoms with van der Waals surface area (Å²) < 4.78 is 0. The summed E-state index contributed by atoms with van der Waals surface area (Å²) in [6.07, 6.45) is 2.15. The van der Waals surface area contributed by atoms with Gasteiger partial charge in [0.05, 0.1) is 12.3 Å². The fourth-order valence-electron chi connectivity index (χ4n) is 2.69. The molecule has 1 aromatic carbocycles. The highest BCUT2D eigenvalue weighted by molar-refractivity contribution is 7.81. The van der Waals surface area contributed by atoms with Gasteiger partial charge in [-0.1, -0.05) is 38.1 Å². The van der Waals surface area contributed by atoms with Gasteiger partial charge in [-0.15, -0.1) is 0 Å². The first kappa shape index (κ1) is 23.5. The molecule has 0 fully saturated rings. The number of carbonyl (C=O) groups excluding carboxylic acids is 2. The van der Waals surface area contributed by atoms with E-state index in [1.54, 1.807) is 0 Å². The molecule has 0 aliphatic carbocycles. The molecule has 0 radical (unpaired) electrons. The summed E-state index contributed by atoms with van der Waals surface area (Å²) in [5, 5.41) is 9.16. The van der Waals surface area contributed by atoms with Gasteiger partial charge in [-0.05, 0) is 37.1 Å². The van der Waals surface area contributed by atoms with Crippen LogP contribution in [0.2, 0.25) is 0 Å². The summed E-state index contributed by atoms with van der Waals surface area (Å²) in [6, 6.07) is 7.86. The minimum atomic E-state index is -0.0959. The maximum atomic E-state index is 12.3. The van der Waals surface area contributed by atoms with Gasteiger partial charge in [0.25, 0.3) is 0 Å². The van der Waals surface area contributed by atoms with E-state index < -0.39 is 0 Å². The molecule has 0 aliphatic rings. The van der Waals surface area contributed by atoms with Gasteiger partial charge >= 0.3 is 0 Å². The Morgan fingerprint density at radius 3 is 2.22 bits per heavy atom. The summed E-state index contributed by atoms with van der Waals surface area (Å²) in [7, 11) is 0. The van der Waals surface area contributed by atoms with Crippen molar-refractivity contribution in [3.05, 3.63) is 35.4 Å². The topological polar surface area (TPSA) is 73.5 Å². The van der Waals surface area contributed by atoms with Crippen molar-refractivity contribution in [3.8, 4) is 0 Å². The van der Waals surface area contributed by atoms with E-state index in [0.717, 1.165) is 50.1 Å². The molecule has 0 atom stereocenters. The molecule has 27 heavy (non-hydrogen) atoms. The van der Waals surface area contributed by atoms with Crippen molar-refractivity contribution in [1.29, 1.82) is 0 Å². The average molecular weight is 395 g/mol. The van der Waals surface area contributed by atoms with Gasteiger partial charge in [0.2, 0.25) is 11.8 Å². The van der Waals surface area contributed by atoms with Gasteiger partial charge in [-0.3, -0.25) is 14.5 Å². The quantitative estimate of drug-likeness (QED) is 0.285. The molecule has 0 spiro atoms. The Morgan fingerprint density at radius 2 is 1.63 bits per heavy atom. The third-order valence-corrected chi connectivity index (χ3v) is 4.34. The Kier molecular flexibility index (Phi) is 12.6. The van der Waals surface area contributed by atoms with Crippen molar-refractivity contribution in [2.24, 2.45) is 0 Å². The van der Waals surface area contributed by atoms with Crippen LogP contribution in [0.3, 0.4) is 0 Å². The number of benzene rings is 1. The second-order valence-corrected chi connectivity index (χ2v) is 6.87. The second-order valence-electron chi connectivity index (χ2n) is 6.56. The summed E-state index contributed by atoms with van der Waals surface area (Å²) in [6.45, 7) is 9.36. The molecule has 0 saturated carbocycles. The van der Waals surface area contributed by atoms with E-state index in [-0.39, 0.29) is 17.6 Å². The highest BCUT2D eigenvalue weighted by Gasteiger charge is 2.09. The van der Waals surface area contributed by atoms with Gasteiger partial charge in [-0.25, -0.2) is 0 Å². The zero-order valence-corrected chi connectivity index (χ0v) is 17.5. The van der Waals surface area contributed by atoms with Crippen LogP contribution in [-0.2, 0) is 22.7 Å². The van der Waals surface area contributed by atoms with E-state index in [9.17, 15) is 9.59 Å². The lowest BCUT2D eigenvalue weighted by atomic mass is 10.1. The minimum absolute atomic E-state index is 0.0349. The Hall–Kier alpha value is -1.57. The molecule has 152 valence electrons. The lowest BCUT2D eigenvalue weighted by Crippen LogP contribution is -2.40. The van der Waals surface area contributed by atoms with Gasteiger partial charge in [0, 0.05) is 26.2 Å². The van der Waals surface area contributed by atoms with E-state index in [4.69, 9.17) is 0 Å². The molecule has 1 rings (SSSR count). The van der Waals surface area contributed by atoms with Crippen LogP contribution in [0.5, 0.6) is 0 Å². The maximum Gasteiger partial charge on any atom is 0.234 e. The Labute approximate surface area is 168 Å². The summed E-state index contributed by atoms with van der Waals surface area (Å²) in [4.78, 5) is 25.8. The molecule has 1 aromatic rings. The van der Waals surface area contributed by atoms with Crippen LogP contribution in [0.15, 0.2) is 24.3 Å². The number of hydrogen-bond acceptors (Lipinski definition) is 5. The third kappa shape index (κ3) is 11.0. The van der Waals surface area contributed by atoms with Crippen LogP contribution in [0.4, 0.5) is 0 Å². The van der Waals surface area contributed by atoms with E-state index in [2.05, 4.69) is 47.3 Å². The van der Waals surface area contributed by atoms with Crippen molar-refractivity contribution in [2.75, 3.05) is 38.5 Å². The number of nitrogens with zero attached hydrogens (tertiary/aromatic N) is 1. The first-order valence-corrected chi connectivity index (χ1v) is 10.4. The van der Waals surface area contributed by atoms with Crippen molar-refractivity contribution in [1.82, 2.24) is 20.9 Å². The lowest BCUT2D eigenvalue weighted by Gasteiger charge is -2.21. The number of nitrogens with one attached hydrogen (secondary N) is 3. The highest BCUT2D eigenvalue weighted by atomic mass is 32.1. The van der Waals surface area contributed by atoms with Crippen LogP contribution in [0.1, 0.15) is 37.8 Å². The van der Waals surface area contributed by atoms with Crippen LogP contribution in [0.25, 0.3) is 0 Å². The molecule has 2 amide bonds. The monoisotopic (exact) mass is 394 g/mol. The van der Waals surface area contributed by atoms with Crippen LogP contribution < -0.4 is 16.0 Å². The second kappa shape index (κ2) is 14.5. The van der Waals surface area contributed by atoms with Crippen molar-refractivity contribution in [3.63, 3.8) is 0 Å². The number of carbonyl (C=O) groups is 2. The molecule has 0 aromatic heterocycles. The van der Waals surface area contributed by atoms with Gasteiger partial charge in [0.1, 0.15) is 0 Å². The molecule has 6 nitrogen and oxygen atoms in total. The molecular formula is C20H34N4O2S. The standard InChI is InChI=1S/C20H34N4O2S/c1-3-8-21-9-11-24(10-4-2)15-19(25)22-13-17-6-5-7-18(12-17)14-23-20(26)16-27/h5-7,12,21,27H,3-4,8-11,13-16H2,1-2H3,(H,22,25)(H,23,26). The summed E-state index contributed by atoms with van der Waals surface area (Å²) >= 11 is 3.94. The molecule has 0 aliphatic heterocycles. The molecule has 3 N–H and O–H groups in total. The van der Waals surface area contributed by atoms with E-state index in [1.807, 2.05) is 24.3 Å². The van der Waals surface area contributed by atoms with Crippen LogP contribution in [0, 0.1) is 0 Å². The minimum Gasteiger partial charge on any atom is -0.351 e. The molecular weight excluding hydrogens is 360 g/mol. The molecule has 0 heterocycles. The third-order valence-electron chi connectivity index (χ3n) is 4.05. The predicted octanol–water partition coefficient (Wildman–Crippen LogP) is 1.56. The average Bonchev–Trinajstić information content (AvgIpc) is 2.68. The van der Waals surface area contributed by atoms with Crippen LogP contribution in [-0.4, -0.2) is 55.2 Å². The predicted molar refractivity (Wildman–Crippen MR) is 114 cm³/mol. The summed E-state index contributed by atoms with van der Waals surface area (Å²) in [5.41, 5.74) is 2.03. The zero-order valence-electron chi connectivity index (χ0n) is 16.6. The zero-order chi connectivity index (χ0) is 19.9. The van der Waals surface area contributed by atoms with Crippen molar-refractivity contribution in [2.45, 2.75) is 39.8 Å². The number of rotatable bonds is 14.